The van der Waals surface area contributed by atoms with E-state index in [-0.39, 0.29) is 23.7 Å². The summed E-state index contributed by atoms with van der Waals surface area (Å²) in [6.45, 7) is 7.11. The van der Waals surface area contributed by atoms with Gasteiger partial charge in [-0.15, -0.1) is 0 Å². The van der Waals surface area contributed by atoms with E-state index in [9.17, 15) is 18.5 Å². The Labute approximate surface area is 187 Å². The molecule has 172 valence electrons. The molecule has 2 saturated heterocycles. The standard InChI is InChI=1S/C20H27N7O4S/c1-16-14-19(24-8-6-23(2)7-9-24)22-20(21-16)25-10-12-26(13-11-25)32(30,31)18-5-3-4-17(15-18)27(28)29/h3-5,14-15H,6-13H2,1-2H3. The Morgan fingerprint density at radius 1 is 0.938 bits per heavy atom. The second-order valence-corrected chi connectivity index (χ2v) is 10.0. The molecule has 0 bridgehead atoms. The molecule has 0 atom stereocenters. The van der Waals surface area contributed by atoms with Crippen molar-refractivity contribution in [1.82, 2.24) is 19.2 Å². The van der Waals surface area contributed by atoms with Crippen LogP contribution in [0.2, 0.25) is 0 Å². The number of hydrogen-bond donors (Lipinski definition) is 0. The first-order valence-electron chi connectivity index (χ1n) is 10.5. The number of sulfonamides is 1. The summed E-state index contributed by atoms with van der Waals surface area (Å²) < 4.78 is 27.3. The third-order valence-electron chi connectivity index (χ3n) is 5.84. The predicted molar refractivity (Wildman–Crippen MR) is 121 cm³/mol. The topological polar surface area (TPSA) is 116 Å². The van der Waals surface area contributed by atoms with Gasteiger partial charge in [-0.3, -0.25) is 10.1 Å². The molecule has 2 aliphatic rings. The highest BCUT2D eigenvalue weighted by Gasteiger charge is 2.30. The van der Waals surface area contributed by atoms with Crippen molar-refractivity contribution in [3.05, 3.63) is 46.1 Å². The van der Waals surface area contributed by atoms with Gasteiger partial charge in [0.05, 0.1) is 9.82 Å². The molecule has 12 heteroatoms. The van der Waals surface area contributed by atoms with Crippen molar-refractivity contribution in [3.63, 3.8) is 0 Å². The van der Waals surface area contributed by atoms with Crippen molar-refractivity contribution < 1.29 is 13.3 Å². The molecule has 0 aliphatic carbocycles. The Morgan fingerprint density at radius 3 is 2.25 bits per heavy atom. The van der Waals surface area contributed by atoms with Crippen molar-refractivity contribution >= 4 is 27.5 Å². The first-order chi connectivity index (χ1) is 15.2. The summed E-state index contributed by atoms with van der Waals surface area (Å²) in [7, 11) is -1.71. The van der Waals surface area contributed by atoms with E-state index in [1.807, 2.05) is 17.9 Å². The number of aromatic nitrogens is 2. The van der Waals surface area contributed by atoms with Gasteiger partial charge in [-0.1, -0.05) is 6.07 Å². The van der Waals surface area contributed by atoms with Crippen LogP contribution in [0.5, 0.6) is 0 Å². The summed E-state index contributed by atoms with van der Waals surface area (Å²) >= 11 is 0. The number of nitro benzene ring substituents is 1. The summed E-state index contributed by atoms with van der Waals surface area (Å²) in [6.07, 6.45) is 0. The number of aryl methyl sites for hydroxylation is 1. The third-order valence-corrected chi connectivity index (χ3v) is 7.74. The Morgan fingerprint density at radius 2 is 1.59 bits per heavy atom. The number of nitrogens with zero attached hydrogens (tertiary/aromatic N) is 7. The summed E-state index contributed by atoms with van der Waals surface area (Å²) in [5.74, 6) is 1.50. The van der Waals surface area contributed by atoms with Crippen LogP contribution in [0, 0.1) is 17.0 Å². The average Bonchev–Trinajstić information content (AvgIpc) is 2.79. The smallest absolute Gasteiger partial charge is 0.270 e. The predicted octanol–water partition coefficient (Wildman–Crippen LogP) is 0.956. The van der Waals surface area contributed by atoms with Crippen LogP contribution >= 0.6 is 0 Å². The molecule has 2 aliphatic heterocycles. The molecule has 0 N–H and O–H groups in total. The van der Waals surface area contributed by atoms with Gasteiger partial charge in [0.2, 0.25) is 16.0 Å². The lowest BCUT2D eigenvalue weighted by molar-refractivity contribution is -0.385. The van der Waals surface area contributed by atoms with Gasteiger partial charge >= 0.3 is 0 Å². The minimum absolute atomic E-state index is 0.0655. The highest BCUT2D eigenvalue weighted by Crippen LogP contribution is 2.24. The highest BCUT2D eigenvalue weighted by atomic mass is 32.2. The summed E-state index contributed by atoms with van der Waals surface area (Å²) in [5.41, 5.74) is 0.630. The maximum atomic E-state index is 13.0. The molecular formula is C20H27N7O4S. The van der Waals surface area contributed by atoms with Crippen LogP contribution in [0.4, 0.5) is 17.5 Å². The molecule has 32 heavy (non-hydrogen) atoms. The van der Waals surface area contributed by atoms with E-state index in [2.05, 4.69) is 21.8 Å². The molecule has 0 spiro atoms. The van der Waals surface area contributed by atoms with Crippen LogP contribution < -0.4 is 9.80 Å². The Hall–Kier alpha value is -2.83. The molecule has 0 amide bonds. The van der Waals surface area contributed by atoms with Crippen molar-refractivity contribution in [1.29, 1.82) is 0 Å². The number of likely N-dealkylation sites (N-methyl/N-ethyl adjacent to an activating group) is 1. The van der Waals surface area contributed by atoms with E-state index in [0.717, 1.165) is 43.8 Å². The van der Waals surface area contributed by atoms with Gasteiger partial charge in [-0.05, 0) is 20.0 Å². The molecule has 11 nitrogen and oxygen atoms in total. The van der Waals surface area contributed by atoms with Gasteiger partial charge < -0.3 is 14.7 Å². The molecular weight excluding hydrogens is 434 g/mol. The van der Waals surface area contributed by atoms with E-state index < -0.39 is 14.9 Å². The normalized spacial score (nSPS) is 18.7. The second kappa shape index (κ2) is 8.96. The Balaban J connectivity index is 1.47. The number of anilines is 2. The van der Waals surface area contributed by atoms with Crippen LogP contribution in [-0.4, -0.2) is 91.9 Å². The summed E-state index contributed by atoms with van der Waals surface area (Å²) in [4.78, 5) is 26.2. The number of rotatable bonds is 5. The molecule has 4 rings (SSSR count). The van der Waals surface area contributed by atoms with Gasteiger partial charge in [-0.25, -0.2) is 13.4 Å². The zero-order valence-corrected chi connectivity index (χ0v) is 19.0. The largest absolute Gasteiger partial charge is 0.354 e. The van der Waals surface area contributed by atoms with Crippen molar-refractivity contribution in [3.8, 4) is 0 Å². The quantitative estimate of drug-likeness (QED) is 0.474. The van der Waals surface area contributed by atoms with Gasteiger partial charge in [0, 0.05) is 76.3 Å². The molecule has 0 radical (unpaired) electrons. The molecule has 0 unspecified atom stereocenters. The lowest BCUT2D eigenvalue weighted by Gasteiger charge is -2.36. The Kier molecular flexibility index (Phi) is 6.26. The van der Waals surface area contributed by atoms with E-state index in [0.29, 0.717) is 19.0 Å². The SMILES string of the molecule is Cc1cc(N2CCN(C)CC2)nc(N2CCN(S(=O)(=O)c3cccc([N+](=O)[O-])c3)CC2)n1. The van der Waals surface area contributed by atoms with E-state index in [1.54, 1.807) is 0 Å². The zero-order chi connectivity index (χ0) is 22.9. The molecule has 1 aromatic heterocycles. The fourth-order valence-corrected chi connectivity index (χ4v) is 5.37. The highest BCUT2D eigenvalue weighted by molar-refractivity contribution is 7.89. The molecule has 2 aromatic rings. The minimum Gasteiger partial charge on any atom is -0.354 e. The summed E-state index contributed by atoms with van der Waals surface area (Å²) in [5, 5.41) is 11.0. The molecule has 3 heterocycles. The lowest BCUT2D eigenvalue weighted by atomic mass is 10.3. The minimum atomic E-state index is -3.81. The second-order valence-electron chi connectivity index (χ2n) is 8.10. The van der Waals surface area contributed by atoms with Gasteiger partial charge in [-0.2, -0.15) is 9.29 Å². The van der Waals surface area contributed by atoms with Crippen molar-refractivity contribution in [2.24, 2.45) is 0 Å². The van der Waals surface area contributed by atoms with E-state index in [1.165, 1.54) is 22.5 Å². The fraction of sp³-hybridized carbons (Fsp3) is 0.500. The first-order valence-corrected chi connectivity index (χ1v) is 12.0. The third kappa shape index (κ3) is 4.66. The van der Waals surface area contributed by atoms with E-state index >= 15 is 0 Å². The fourth-order valence-electron chi connectivity index (χ4n) is 3.91. The first kappa shape index (κ1) is 22.4. The van der Waals surface area contributed by atoms with Gasteiger partial charge in [0.25, 0.3) is 5.69 Å². The lowest BCUT2D eigenvalue weighted by Crippen LogP contribution is -2.49. The number of benzene rings is 1. The van der Waals surface area contributed by atoms with Crippen LogP contribution in [0.15, 0.2) is 35.2 Å². The van der Waals surface area contributed by atoms with Crippen molar-refractivity contribution in [2.45, 2.75) is 11.8 Å². The van der Waals surface area contributed by atoms with Crippen molar-refractivity contribution in [2.75, 3.05) is 69.2 Å². The van der Waals surface area contributed by atoms with Crippen LogP contribution in [0.3, 0.4) is 0 Å². The molecule has 2 fully saturated rings. The maximum absolute atomic E-state index is 13.0. The zero-order valence-electron chi connectivity index (χ0n) is 18.2. The number of piperazine rings is 2. The van der Waals surface area contributed by atoms with Gasteiger partial charge in [0.1, 0.15) is 5.82 Å². The number of hydrogen-bond acceptors (Lipinski definition) is 9. The number of nitro groups is 1. The molecule has 0 saturated carbocycles. The van der Waals surface area contributed by atoms with Crippen LogP contribution in [0.1, 0.15) is 5.69 Å². The number of non-ortho nitro benzene ring substituents is 1. The maximum Gasteiger partial charge on any atom is 0.270 e. The molecule has 1 aromatic carbocycles. The van der Waals surface area contributed by atoms with Crippen LogP contribution in [0.25, 0.3) is 0 Å². The Bertz CT molecular complexity index is 1090. The monoisotopic (exact) mass is 461 g/mol. The van der Waals surface area contributed by atoms with E-state index in [4.69, 9.17) is 4.98 Å². The van der Waals surface area contributed by atoms with Crippen LogP contribution in [-0.2, 0) is 10.0 Å². The summed E-state index contributed by atoms with van der Waals surface area (Å²) in [6, 6.07) is 7.15. The average molecular weight is 462 g/mol. The van der Waals surface area contributed by atoms with Gasteiger partial charge in [0.15, 0.2) is 0 Å².